The fourth-order valence-corrected chi connectivity index (χ4v) is 3.63. The van der Waals surface area contributed by atoms with E-state index in [1.165, 1.54) is 0 Å². The van der Waals surface area contributed by atoms with Gasteiger partial charge in [0.25, 0.3) is 5.69 Å². The summed E-state index contributed by atoms with van der Waals surface area (Å²) >= 11 is 0. The van der Waals surface area contributed by atoms with E-state index in [1.54, 1.807) is 0 Å². The smallest absolute Gasteiger partial charge is 0.272 e. The Hall–Kier alpha value is -1.58. The van der Waals surface area contributed by atoms with Crippen LogP contribution in [0.1, 0.15) is 12.8 Å². The van der Waals surface area contributed by atoms with Gasteiger partial charge in [0.1, 0.15) is 10.7 Å². The van der Waals surface area contributed by atoms with Crippen molar-refractivity contribution in [1.82, 2.24) is 4.31 Å². The van der Waals surface area contributed by atoms with Gasteiger partial charge in [-0.1, -0.05) is 0 Å². The van der Waals surface area contributed by atoms with E-state index in [1.807, 2.05) is 0 Å². The largest absolute Gasteiger partial charge is 0.315 e. The Morgan fingerprint density at radius 1 is 1.47 bits per heavy atom. The molecular formula is C10H12FN3O4S. The fourth-order valence-electron chi connectivity index (χ4n) is 2.00. The Morgan fingerprint density at radius 2 is 2.16 bits per heavy atom. The molecule has 9 heteroatoms. The maximum absolute atomic E-state index is 13.7. The minimum absolute atomic E-state index is 0.222. The molecule has 0 spiro atoms. The molecule has 1 aromatic carbocycles. The number of rotatable bonds is 3. The molecule has 1 aliphatic rings. The highest BCUT2D eigenvalue weighted by atomic mass is 32.2. The van der Waals surface area contributed by atoms with E-state index in [-0.39, 0.29) is 6.54 Å². The highest BCUT2D eigenvalue weighted by Gasteiger charge is 2.35. The summed E-state index contributed by atoms with van der Waals surface area (Å²) in [7, 11) is -4.05. The van der Waals surface area contributed by atoms with Crippen molar-refractivity contribution in [1.29, 1.82) is 0 Å². The molecule has 1 heterocycles. The van der Waals surface area contributed by atoms with Crippen LogP contribution < -0.4 is 5.73 Å². The van der Waals surface area contributed by atoms with Crippen molar-refractivity contribution in [3.05, 3.63) is 34.1 Å². The highest BCUT2D eigenvalue weighted by molar-refractivity contribution is 7.89. The van der Waals surface area contributed by atoms with Gasteiger partial charge in [0.15, 0.2) is 0 Å². The molecule has 1 saturated heterocycles. The van der Waals surface area contributed by atoms with Crippen LogP contribution in [-0.2, 0) is 10.0 Å². The van der Waals surface area contributed by atoms with Gasteiger partial charge in [-0.3, -0.25) is 10.1 Å². The van der Waals surface area contributed by atoms with Gasteiger partial charge in [-0.15, -0.1) is 0 Å². The van der Waals surface area contributed by atoms with Crippen LogP contribution in [0.2, 0.25) is 0 Å². The molecule has 0 bridgehead atoms. The molecule has 19 heavy (non-hydrogen) atoms. The summed E-state index contributed by atoms with van der Waals surface area (Å²) in [5, 5.41) is 10.5. The van der Waals surface area contributed by atoms with E-state index in [0.717, 1.165) is 16.4 Å². The van der Waals surface area contributed by atoms with E-state index >= 15 is 0 Å². The van der Waals surface area contributed by atoms with Gasteiger partial charge in [0.05, 0.1) is 17.2 Å². The van der Waals surface area contributed by atoms with Crippen molar-refractivity contribution in [2.24, 2.45) is 5.73 Å². The molecule has 1 fully saturated rings. The maximum atomic E-state index is 13.7. The summed E-state index contributed by atoms with van der Waals surface area (Å²) < 4.78 is 39.1. The normalized spacial score (nSPS) is 20.6. The standard InChI is InChI=1S/C10H12FN3O4S/c11-8-6-7(14(15)16)3-4-9(8)19(17,18)13-5-1-2-10(13)12/h3-4,6,10H,1-2,5,12H2. The van der Waals surface area contributed by atoms with Gasteiger partial charge >= 0.3 is 0 Å². The lowest BCUT2D eigenvalue weighted by atomic mass is 10.3. The third kappa shape index (κ3) is 2.44. The number of nitrogens with zero attached hydrogens (tertiary/aromatic N) is 2. The topological polar surface area (TPSA) is 107 Å². The van der Waals surface area contributed by atoms with Gasteiger partial charge < -0.3 is 5.73 Å². The van der Waals surface area contributed by atoms with E-state index in [4.69, 9.17) is 5.73 Å². The maximum Gasteiger partial charge on any atom is 0.272 e. The Balaban J connectivity index is 2.44. The van der Waals surface area contributed by atoms with E-state index in [2.05, 4.69) is 0 Å². The van der Waals surface area contributed by atoms with Crippen LogP contribution in [0, 0.1) is 15.9 Å². The number of nitrogens with two attached hydrogens (primary N) is 1. The molecule has 0 saturated carbocycles. The first-order valence-electron chi connectivity index (χ1n) is 5.55. The first-order chi connectivity index (χ1) is 8.84. The van der Waals surface area contributed by atoms with Crippen molar-refractivity contribution in [3.63, 3.8) is 0 Å². The Morgan fingerprint density at radius 3 is 2.63 bits per heavy atom. The minimum atomic E-state index is -4.05. The van der Waals surface area contributed by atoms with Crippen LogP contribution in [0.5, 0.6) is 0 Å². The third-order valence-corrected chi connectivity index (χ3v) is 4.92. The molecular weight excluding hydrogens is 277 g/mol. The molecule has 7 nitrogen and oxygen atoms in total. The number of benzene rings is 1. The van der Waals surface area contributed by atoms with Crippen LogP contribution in [-0.4, -0.2) is 30.4 Å². The summed E-state index contributed by atoms with van der Waals surface area (Å²) in [5.74, 6) is -1.15. The predicted octanol–water partition coefficient (Wildman–Crippen LogP) is 0.803. The second-order valence-corrected chi connectivity index (χ2v) is 6.06. The van der Waals surface area contributed by atoms with Gasteiger partial charge in [0.2, 0.25) is 10.0 Å². The molecule has 0 aliphatic carbocycles. The van der Waals surface area contributed by atoms with Crippen molar-refractivity contribution < 1.29 is 17.7 Å². The van der Waals surface area contributed by atoms with E-state index < -0.39 is 37.5 Å². The number of sulfonamides is 1. The number of hydrogen-bond acceptors (Lipinski definition) is 5. The zero-order chi connectivity index (χ0) is 14.2. The molecule has 0 amide bonds. The monoisotopic (exact) mass is 289 g/mol. The molecule has 104 valence electrons. The zero-order valence-electron chi connectivity index (χ0n) is 9.82. The molecule has 1 atom stereocenters. The molecule has 1 unspecified atom stereocenters. The molecule has 2 N–H and O–H groups in total. The molecule has 0 radical (unpaired) electrons. The van der Waals surface area contributed by atoms with Crippen LogP contribution in [0.25, 0.3) is 0 Å². The number of nitro benzene ring substituents is 1. The van der Waals surface area contributed by atoms with Gasteiger partial charge in [-0.2, -0.15) is 4.31 Å². The van der Waals surface area contributed by atoms with Gasteiger partial charge in [-0.25, -0.2) is 12.8 Å². The van der Waals surface area contributed by atoms with Gasteiger partial charge in [-0.05, 0) is 18.9 Å². The summed E-state index contributed by atoms with van der Waals surface area (Å²) in [6, 6.07) is 2.44. The fraction of sp³-hybridized carbons (Fsp3) is 0.400. The first-order valence-corrected chi connectivity index (χ1v) is 6.99. The predicted molar refractivity (Wildman–Crippen MR) is 64.2 cm³/mol. The molecule has 0 aromatic heterocycles. The van der Waals surface area contributed by atoms with Crippen molar-refractivity contribution in [2.75, 3.05) is 6.54 Å². The lowest BCUT2D eigenvalue weighted by Crippen LogP contribution is -2.41. The van der Waals surface area contributed by atoms with Crippen LogP contribution in [0.4, 0.5) is 10.1 Å². The average molecular weight is 289 g/mol. The molecule has 2 rings (SSSR count). The van der Waals surface area contributed by atoms with E-state index in [0.29, 0.717) is 18.9 Å². The number of halogens is 1. The molecule has 1 aliphatic heterocycles. The lowest BCUT2D eigenvalue weighted by molar-refractivity contribution is -0.385. The van der Waals surface area contributed by atoms with Crippen molar-refractivity contribution in [3.8, 4) is 0 Å². The second-order valence-electron chi connectivity index (χ2n) is 4.20. The number of nitro groups is 1. The number of hydrogen-bond donors (Lipinski definition) is 1. The average Bonchev–Trinajstić information content (AvgIpc) is 2.75. The summed E-state index contributed by atoms with van der Waals surface area (Å²) in [5.41, 5.74) is 5.15. The second kappa shape index (κ2) is 4.83. The Labute approximate surface area is 109 Å². The summed E-state index contributed by atoms with van der Waals surface area (Å²) in [6.07, 6.45) is 0.433. The van der Waals surface area contributed by atoms with Crippen molar-refractivity contribution in [2.45, 2.75) is 23.9 Å². The number of non-ortho nitro benzene ring substituents is 1. The Kier molecular flexibility index (Phi) is 3.52. The van der Waals surface area contributed by atoms with Crippen molar-refractivity contribution >= 4 is 15.7 Å². The SMILES string of the molecule is NC1CCCN1S(=O)(=O)c1ccc([N+](=O)[O-])cc1F. The van der Waals surface area contributed by atoms with Crippen LogP contribution >= 0.6 is 0 Å². The zero-order valence-corrected chi connectivity index (χ0v) is 10.6. The first kappa shape index (κ1) is 13.8. The third-order valence-electron chi connectivity index (χ3n) is 2.96. The quantitative estimate of drug-likeness (QED) is 0.654. The molecule has 1 aromatic rings. The van der Waals surface area contributed by atoms with Crippen LogP contribution in [0.15, 0.2) is 23.1 Å². The Bertz CT molecular complexity index is 619. The summed E-state index contributed by atoms with van der Waals surface area (Å²) in [4.78, 5) is 9.10. The van der Waals surface area contributed by atoms with Gasteiger partial charge in [0, 0.05) is 12.6 Å². The summed E-state index contributed by atoms with van der Waals surface area (Å²) in [6.45, 7) is 0.222. The minimum Gasteiger partial charge on any atom is -0.315 e. The lowest BCUT2D eigenvalue weighted by Gasteiger charge is -2.20. The highest BCUT2D eigenvalue weighted by Crippen LogP contribution is 2.27. The van der Waals surface area contributed by atoms with Crippen LogP contribution in [0.3, 0.4) is 0 Å². The van der Waals surface area contributed by atoms with E-state index in [9.17, 15) is 22.9 Å².